The Kier molecular flexibility index (Phi) is 4.94. The van der Waals surface area contributed by atoms with Crippen molar-refractivity contribution in [3.8, 4) is 0 Å². The molecule has 0 saturated heterocycles. The summed E-state index contributed by atoms with van der Waals surface area (Å²) in [7, 11) is -1.47. The largest absolute Gasteiger partial charge is 0.414 e. The molecule has 6 atom stereocenters. The fourth-order valence-electron chi connectivity index (χ4n) is 7.77. The van der Waals surface area contributed by atoms with Crippen LogP contribution in [0.2, 0.25) is 19.6 Å². The van der Waals surface area contributed by atoms with E-state index >= 15 is 0 Å². The smallest absolute Gasteiger partial charge is 0.184 e. The van der Waals surface area contributed by atoms with Crippen LogP contribution in [0.4, 0.5) is 0 Å². The van der Waals surface area contributed by atoms with Gasteiger partial charge in [-0.3, -0.25) is 4.98 Å². The monoisotopic (exact) mass is 421 g/mol. The van der Waals surface area contributed by atoms with Crippen molar-refractivity contribution < 1.29 is 4.43 Å². The zero-order valence-electron chi connectivity index (χ0n) is 19.6. The van der Waals surface area contributed by atoms with E-state index in [1.54, 1.807) is 11.1 Å². The van der Waals surface area contributed by atoms with Crippen molar-refractivity contribution >= 4 is 13.9 Å². The van der Waals surface area contributed by atoms with Gasteiger partial charge in [0.25, 0.3) is 0 Å². The predicted molar refractivity (Wildman–Crippen MR) is 128 cm³/mol. The van der Waals surface area contributed by atoms with Gasteiger partial charge in [-0.15, -0.1) is 0 Å². The summed E-state index contributed by atoms with van der Waals surface area (Å²) in [6.45, 7) is 12.2. The van der Waals surface area contributed by atoms with Gasteiger partial charge in [-0.25, -0.2) is 0 Å². The third-order valence-corrected chi connectivity index (χ3v) is 10.2. The first-order valence-electron chi connectivity index (χ1n) is 12.2. The van der Waals surface area contributed by atoms with Gasteiger partial charge in [0, 0.05) is 18.5 Å². The van der Waals surface area contributed by atoms with Crippen LogP contribution in [0, 0.1) is 28.6 Å². The Hall–Kier alpha value is -1.19. The molecule has 0 amide bonds. The number of fused-ring (bicyclic) bond motifs is 5. The molecule has 2 fully saturated rings. The summed E-state index contributed by atoms with van der Waals surface area (Å²) in [5.41, 5.74) is 5.39. The zero-order chi connectivity index (χ0) is 21.1. The molecular weight excluding hydrogens is 382 g/mol. The van der Waals surface area contributed by atoms with Crippen LogP contribution in [0.15, 0.2) is 42.3 Å². The summed E-state index contributed by atoms with van der Waals surface area (Å²) >= 11 is 0. The van der Waals surface area contributed by atoms with E-state index in [9.17, 15) is 0 Å². The third-order valence-electron chi connectivity index (χ3n) is 9.13. The minimum atomic E-state index is -1.47. The van der Waals surface area contributed by atoms with E-state index in [-0.39, 0.29) is 0 Å². The summed E-state index contributed by atoms with van der Waals surface area (Å²) < 4.78 is 6.54. The number of allylic oxidation sites excluding steroid dienone is 3. The van der Waals surface area contributed by atoms with E-state index in [4.69, 9.17) is 4.43 Å². The quantitative estimate of drug-likeness (QED) is 0.378. The number of aromatic nitrogens is 1. The first-order chi connectivity index (χ1) is 14.2. The second kappa shape index (κ2) is 7.17. The fraction of sp³-hybridized carbons (Fsp3) is 0.667. The molecule has 0 aliphatic heterocycles. The number of rotatable bonds is 3. The molecule has 30 heavy (non-hydrogen) atoms. The standard InChI is InChI=1S/C27H39NOSi/c1-26-14-12-21(29-30(3,4)5)17-20(26)8-9-22-24-11-10-23(19-7-6-16-28-18-19)27(24,2)15-13-25(22)26/h6-8,10,16,18,21-22,24-25H,9,11-15,17H2,1-5H3/t21-,22?,24-,25-,26-,27+/m0/s1. The lowest BCUT2D eigenvalue weighted by Gasteiger charge is -2.58. The van der Waals surface area contributed by atoms with Crippen molar-refractivity contribution in [3.05, 3.63) is 47.8 Å². The molecule has 4 aliphatic rings. The number of hydrogen-bond acceptors (Lipinski definition) is 2. The van der Waals surface area contributed by atoms with Gasteiger partial charge in [0.15, 0.2) is 8.32 Å². The number of pyridine rings is 1. The van der Waals surface area contributed by atoms with Crippen LogP contribution in [-0.4, -0.2) is 19.4 Å². The molecule has 2 nitrogen and oxygen atoms in total. The molecule has 1 aromatic heterocycles. The summed E-state index contributed by atoms with van der Waals surface area (Å²) in [4.78, 5) is 4.42. The Morgan fingerprint density at radius 3 is 2.53 bits per heavy atom. The molecule has 0 bridgehead atoms. The third kappa shape index (κ3) is 3.28. The highest BCUT2D eigenvalue weighted by Crippen LogP contribution is 2.66. The molecule has 3 heteroatoms. The first kappa shape index (κ1) is 20.7. The Labute approximate surface area is 184 Å². The molecule has 0 N–H and O–H groups in total. The van der Waals surface area contributed by atoms with Crippen molar-refractivity contribution in [3.63, 3.8) is 0 Å². The normalized spacial score (nSPS) is 40.7. The van der Waals surface area contributed by atoms with E-state index in [1.165, 1.54) is 50.5 Å². The topological polar surface area (TPSA) is 22.1 Å². The molecule has 5 rings (SSSR count). The second-order valence-corrected chi connectivity index (χ2v) is 16.4. The second-order valence-electron chi connectivity index (χ2n) is 11.9. The van der Waals surface area contributed by atoms with Crippen LogP contribution in [0.1, 0.15) is 64.4 Å². The Morgan fingerprint density at radius 1 is 1.00 bits per heavy atom. The highest BCUT2D eigenvalue weighted by Gasteiger charge is 2.56. The van der Waals surface area contributed by atoms with Crippen LogP contribution < -0.4 is 0 Å². The molecule has 0 aromatic carbocycles. The van der Waals surface area contributed by atoms with Crippen LogP contribution in [-0.2, 0) is 4.43 Å². The van der Waals surface area contributed by atoms with Gasteiger partial charge in [-0.2, -0.15) is 0 Å². The molecular formula is C27H39NOSi. The maximum atomic E-state index is 6.54. The van der Waals surface area contributed by atoms with Gasteiger partial charge < -0.3 is 4.43 Å². The average molecular weight is 422 g/mol. The van der Waals surface area contributed by atoms with Crippen molar-refractivity contribution in [2.75, 3.05) is 0 Å². The van der Waals surface area contributed by atoms with Crippen molar-refractivity contribution in [2.24, 2.45) is 28.6 Å². The predicted octanol–water partition coefficient (Wildman–Crippen LogP) is 7.26. The van der Waals surface area contributed by atoms with Gasteiger partial charge in [-0.1, -0.05) is 37.6 Å². The van der Waals surface area contributed by atoms with Crippen molar-refractivity contribution in [1.29, 1.82) is 0 Å². The zero-order valence-corrected chi connectivity index (χ0v) is 20.6. The van der Waals surface area contributed by atoms with Gasteiger partial charge in [0.05, 0.1) is 0 Å². The van der Waals surface area contributed by atoms with Gasteiger partial charge >= 0.3 is 0 Å². The van der Waals surface area contributed by atoms with E-state index < -0.39 is 8.32 Å². The van der Waals surface area contributed by atoms with E-state index in [0.717, 1.165) is 17.8 Å². The molecule has 1 heterocycles. The first-order valence-corrected chi connectivity index (χ1v) is 15.6. The lowest BCUT2D eigenvalue weighted by molar-refractivity contribution is -0.0218. The minimum absolute atomic E-state index is 0.323. The molecule has 0 spiro atoms. The lowest BCUT2D eigenvalue weighted by Crippen LogP contribution is -2.50. The molecule has 0 radical (unpaired) electrons. The van der Waals surface area contributed by atoms with E-state index in [2.05, 4.69) is 69.0 Å². The Morgan fingerprint density at radius 2 is 1.80 bits per heavy atom. The molecule has 162 valence electrons. The van der Waals surface area contributed by atoms with Crippen molar-refractivity contribution in [1.82, 2.24) is 4.98 Å². The van der Waals surface area contributed by atoms with Crippen molar-refractivity contribution in [2.45, 2.75) is 84.5 Å². The van der Waals surface area contributed by atoms with E-state index in [0.29, 0.717) is 16.9 Å². The van der Waals surface area contributed by atoms with Crippen LogP contribution >= 0.6 is 0 Å². The maximum absolute atomic E-state index is 6.54. The Bertz CT molecular complexity index is 869. The van der Waals surface area contributed by atoms with Crippen LogP contribution in [0.5, 0.6) is 0 Å². The maximum Gasteiger partial charge on any atom is 0.184 e. The molecule has 1 unspecified atom stereocenters. The molecule has 4 aliphatic carbocycles. The average Bonchev–Trinajstić information content (AvgIpc) is 3.05. The number of hydrogen-bond donors (Lipinski definition) is 0. The summed E-state index contributed by atoms with van der Waals surface area (Å²) in [6.07, 6.45) is 18.7. The van der Waals surface area contributed by atoms with Gasteiger partial charge in [0.1, 0.15) is 0 Å². The summed E-state index contributed by atoms with van der Waals surface area (Å²) in [5.74, 6) is 2.47. The van der Waals surface area contributed by atoms with E-state index in [1.807, 2.05) is 6.20 Å². The minimum Gasteiger partial charge on any atom is -0.414 e. The number of nitrogens with zero attached hydrogens (tertiary/aromatic N) is 1. The molecule has 2 saturated carbocycles. The highest BCUT2D eigenvalue weighted by molar-refractivity contribution is 6.69. The lowest BCUT2D eigenvalue weighted by atomic mass is 9.47. The van der Waals surface area contributed by atoms with Gasteiger partial charge in [-0.05, 0) is 110 Å². The SMILES string of the molecule is C[C@]12CC[C@H](O[Si](C)(C)C)CC1=CCC1[C@@H]2CC[C@]2(C)C(c3cccnc3)=CC[C@@H]12. The molecule has 1 aromatic rings. The highest BCUT2D eigenvalue weighted by atomic mass is 28.4. The van der Waals surface area contributed by atoms with Crippen LogP contribution in [0.3, 0.4) is 0 Å². The Balaban J connectivity index is 1.39. The summed E-state index contributed by atoms with van der Waals surface area (Å²) in [6, 6.07) is 4.36. The fourth-order valence-corrected chi connectivity index (χ4v) is 8.97. The van der Waals surface area contributed by atoms with Crippen LogP contribution in [0.25, 0.3) is 5.57 Å². The van der Waals surface area contributed by atoms with Gasteiger partial charge in [0.2, 0.25) is 0 Å². The summed E-state index contributed by atoms with van der Waals surface area (Å²) in [5, 5.41) is 0.